The zero-order valence-electron chi connectivity index (χ0n) is 13.5. The third-order valence-electron chi connectivity index (χ3n) is 2.84. The second-order valence-corrected chi connectivity index (χ2v) is 9.20. The highest BCUT2D eigenvalue weighted by molar-refractivity contribution is 7.92. The van der Waals surface area contributed by atoms with Gasteiger partial charge in [0.1, 0.15) is 10.6 Å². The van der Waals surface area contributed by atoms with Crippen molar-refractivity contribution in [3.05, 3.63) is 46.4 Å². The molecule has 146 valence electrons. The zero-order chi connectivity index (χ0) is 20.4. The van der Waals surface area contributed by atoms with Crippen LogP contribution in [0.3, 0.4) is 0 Å². The monoisotopic (exact) mass is 454 g/mol. The Morgan fingerprint density at radius 3 is 2.26 bits per heavy atom. The van der Waals surface area contributed by atoms with Crippen molar-refractivity contribution in [2.75, 3.05) is 11.0 Å². The molecule has 0 radical (unpaired) electrons. The van der Waals surface area contributed by atoms with E-state index in [-0.39, 0.29) is 22.2 Å². The standard InChI is InChI=1S/C14H12Cl2N2O7S2/c1-26(20,21)18-11-4-3-9(27(22,23)25-14(17)19)7-13(11)24-12-5-2-8(15)6-10(12)16/h2-7,18H,1H3,(H2,17,19). The van der Waals surface area contributed by atoms with Crippen LogP contribution >= 0.6 is 23.2 Å². The molecule has 0 unspecified atom stereocenters. The Morgan fingerprint density at radius 2 is 1.70 bits per heavy atom. The van der Waals surface area contributed by atoms with Crippen LogP contribution in [0.15, 0.2) is 41.3 Å². The van der Waals surface area contributed by atoms with Gasteiger partial charge in [-0.05, 0) is 30.3 Å². The van der Waals surface area contributed by atoms with Gasteiger partial charge in [-0.25, -0.2) is 13.2 Å². The Balaban J connectivity index is 2.55. The zero-order valence-corrected chi connectivity index (χ0v) is 16.6. The Morgan fingerprint density at radius 1 is 1.04 bits per heavy atom. The number of carbonyl (C=O) groups is 1. The summed E-state index contributed by atoms with van der Waals surface area (Å²) in [6, 6.07) is 7.29. The summed E-state index contributed by atoms with van der Waals surface area (Å²) in [5.41, 5.74) is 4.65. The van der Waals surface area contributed by atoms with Crippen LogP contribution in [0.1, 0.15) is 0 Å². The van der Waals surface area contributed by atoms with Crippen molar-refractivity contribution in [3.8, 4) is 11.5 Å². The number of halogens is 2. The molecule has 13 heteroatoms. The average molecular weight is 455 g/mol. The minimum Gasteiger partial charge on any atom is -0.454 e. The Bertz CT molecular complexity index is 1100. The van der Waals surface area contributed by atoms with Gasteiger partial charge in [-0.15, -0.1) is 0 Å². The van der Waals surface area contributed by atoms with E-state index in [1.54, 1.807) is 0 Å². The van der Waals surface area contributed by atoms with Crippen LogP contribution in [0, 0.1) is 0 Å². The van der Waals surface area contributed by atoms with Crippen molar-refractivity contribution in [2.24, 2.45) is 5.73 Å². The molecule has 0 spiro atoms. The minimum absolute atomic E-state index is 0.0722. The summed E-state index contributed by atoms with van der Waals surface area (Å²) < 4.78 is 58.8. The highest BCUT2D eigenvalue weighted by Gasteiger charge is 2.22. The summed E-state index contributed by atoms with van der Waals surface area (Å²) in [7, 11) is -8.25. The predicted molar refractivity (Wildman–Crippen MR) is 99.3 cm³/mol. The van der Waals surface area contributed by atoms with Crippen LogP contribution in [0.2, 0.25) is 10.0 Å². The fourth-order valence-corrected chi connectivity index (χ4v) is 3.67. The first-order valence-corrected chi connectivity index (χ1v) is 10.9. The number of nitrogens with one attached hydrogen (secondary N) is 1. The van der Waals surface area contributed by atoms with Crippen LogP contribution in [0.4, 0.5) is 10.5 Å². The lowest BCUT2D eigenvalue weighted by Gasteiger charge is -2.14. The topological polar surface area (TPSA) is 142 Å². The smallest absolute Gasteiger partial charge is 0.420 e. The maximum Gasteiger partial charge on any atom is 0.420 e. The molecular weight excluding hydrogens is 443 g/mol. The van der Waals surface area contributed by atoms with E-state index in [2.05, 4.69) is 8.91 Å². The molecule has 2 aromatic carbocycles. The summed E-state index contributed by atoms with van der Waals surface area (Å²) in [6.45, 7) is 0. The summed E-state index contributed by atoms with van der Waals surface area (Å²) in [6.07, 6.45) is -0.635. The average Bonchev–Trinajstić information content (AvgIpc) is 2.48. The normalized spacial score (nSPS) is 11.7. The van der Waals surface area contributed by atoms with Gasteiger partial charge < -0.3 is 14.7 Å². The first-order chi connectivity index (χ1) is 12.4. The van der Waals surface area contributed by atoms with Gasteiger partial charge in [0, 0.05) is 11.1 Å². The molecule has 0 fully saturated rings. The first kappa shape index (κ1) is 21.1. The van der Waals surface area contributed by atoms with E-state index in [0.29, 0.717) is 5.02 Å². The molecule has 2 aromatic rings. The molecule has 2 rings (SSSR count). The van der Waals surface area contributed by atoms with Gasteiger partial charge in [-0.2, -0.15) is 8.42 Å². The van der Waals surface area contributed by atoms with Gasteiger partial charge in [-0.1, -0.05) is 23.2 Å². The maximum atomic E-state index is 12.0. The second kappa shape index (κ2) is 7.80. The molecule has 0 aliphatic heterocycles. The molecule has 9 nitrogen and oxygen atoms in total. The van der Waals surface area contributed by atoms with Crippen LogP contribution in [0.5, 0.6) is 11.5 Å². The molecule has 0 heterocycles. The summed E-state index contributed by atoms with van der Waals surface area (Å²) in [5, 5.41) is 0.419. The maximum absolute atomic E-state index is 12.0. The van der Waals surface area contributed by atoms with Crippen molar-refractivity contribution in [3.63, 3.8) is 0 Å². The predicted octanol–water partition coefficient (Wildman–Crippen LogP) is 2.94. The van der Waals surface area contributed by atoms with Crippen LogP contribution in [0.25, 0.3) is 0 Å². The fraction of sp³-hybridized carbons (Fsp3) is 0.0714. The fourth-order valence-electron chi connectivity index (χ4n) is 1.86. The number of hydrogen-bond acceptors (Lipinski definition) is 7. The number of rotatable bonds is 6. The molecule has 3 N–H and O–H groups in total. The van der Waals surface area contributed by atoms with Crippen LogP contribution in [-0.2, 0) is 24.3 Å². The van der Waals surface area contributed by atoms with Gasteiger partial charge in [-0.3, -0.25) is 4.72 Å². The molecule has 1 amide bonds. The molecule has 27 heavy (non-hydrogen) atoms. The van der Waals surface area contributed by atoms with Crippen molar-refractivity contribution >= 4 is 55.1 Å². The number of primary amides is 1. The molecule has 0 saturated heterocycles. The summed E-state index contributed by atoms with van der Waals surface area (Å²) in [4.78, 5) is 10.3. The highest BCUT2D eigenvalue weighted by atomic mass is 35.5. The van der Waals surface area contributed by atoms with Crippen molar-refractivity contribution in [1.82, 2.24) is 0 Å². The number of amides is 1. The van der Waals surface area contributed by atoms with Crippen molar-refractivity contribution < 1.29 is 30.6 Å². The number of nitrogens with two attached hydrogens (primary N) is 1. The third-order valence-corrected chi connectivity index (χ3v) is 5.18. The first-order valence-electron chi connectivity index (χ1n) is 6.86. The molecule has 0 aromatic heterocycles. The van der Waals surface area contributed by atoms with E-state index in [4.69, 9.17) is 33.7 Å². The molecule has 0 aliphatic carbocycles. The van der Waals surface area contributed by atoms with E-state index in [0.717, 1.165) is 24.5 Å². The lowest BCUT2D eigenvalue weighted by atomic mass is 10.3. The molecule has 0 saturated carbocycles. The Hall–Kier alpha value is -2.21. The molecule has 0 atom stereocenters. The number of carbonyl (C=O) groups excluding carboxylic acids is 1. The summed E-state index contributed by atoms with van der Waals surface area (Å²) >= 11 is 11.8. The van der Waals surface area contributed by atoms with Gasteiger partial charge >= 0.3 is 16.2 Å². The van der Waals surface area contributed by atoms with Gasteiger partial charge in [0.15, 0.2) is 5.75 Å². The lowest BCUT2D eigenvalue weighted by molar-refractivity contribution is 0.212. The molecular formula is C14H12Cl2N2O7S2. The van der Waals surface area contributed by atoms with E-state index in [1.165, 1.54) is 18.2 Å². The van der Waals surface area contributed by atoms with E-state index < -0.39 is 31.1 Å². The van der Waals surface area contributed by atoms with Crippen LogP contribution < -0.4 is 15.2 Å². The van der Waals surface area contributed by atoms with Gasteiger partial charge in [0.2, 0.25) is 10.0 Å². The lowest BCUT2D eigenvalue weighted by Crippen LogP contribution is -2.19. The minimum atomic E-state index is -4.54. The highest BCUT2D eigenvalue weighted by Crippen LogP contribution is 2.37. The molecule has 0 aliphatic rings. The summed E-state index contributed by atoms with van der Waals surface area (Å²) in [5.74, 6) is -0.151. The second-order valence-electron chi connectivity index (χ2n) is 5.07. The van der Waals surface area contributed by atoms with E-state index in [9.17, 15) is 21.6 Å². The number of benzene rings is 2. The quantitative estimate of drug-likeness (QED) is 0.638. The van der Waals surface area contributed by atoms with E-state index >= 15 is 0 Å². The largest absolute Gasteiger partial charge is 0.454 e. The Kier molecular flexibility index (Phi) is 6.10. The van der Waals surface area contributed by atoms with Gasteiger partial charge in [0.05, 0.1) is 17.0 Å². The SMILES string of the molecule is CS(=O)(=O)Nc1ccc(S(=O)(=O)OC(N)=O)cc1Oc1ccc(Cl)cc1Cl. The van der Waals surface area contributed by atoms with E-state index in [1.807, 2.05) is 0 Å². The van der Waals surface area contributed by atoms with Gasteiger partial charge in [0.25, 0.3) is 0 Å². The number of anilines is 1. The Labute approximate surface area is 165 Å². The van der Waals surface area contributed by atoms with Crippen LogP contribution in [-0.4, -0.2) is 29.2 Å². The molecule has 0 bridgehead atoms. The van der Waals surface area contributed by atoms with Crippen molar-refractivity contribution in [2.45, 2.75) is 4.90 Å². The third kappa shape index (κ3) is 5.89. The number of hydrogen-bond donors (Lipinski definition) is 2. The number of ether oxygens (including phenoxy) is 1. The van der Waals surface area contributed by atoms with Crippen molar-refractivity contribution in [1.29, 1.82) is 0 Å². The number of sulfonamides is 1.